The molecule has 8 heteroatoms. The maximum absolute atomic E-state index is 12.7. The maximum atomic E-state index is 12.7. The average molecular weight is 427 g/mol. The number of alkyl halides is 3. The number of anilines is 2. The van der Waals surface area contributed by atoms with E-state index < -0.39 is 11.7 Å². The molecule has 0 aliphatic heterocycles. The number of benzene rings is 2. The van der Waals surface area contributed by atoms with Gasteiger partial charge in [-0.2, -0.15) is 13.2 Å². The normalized spacial score (nSPS) is 11.4. The van der Waals surface area contributed by atoms with Gasteiger partial charge in [0.15, 0.2) is 0 Å². The summed E-state index contributed by atoms with van der Waals surface area (Å²) >= 11 is 1.26. The van der Waals surface area contributed by atoms with Crippen molar-refractivity contribution >= 4 is 39.5 Å². The van der Waals surface area contributed by atoms with Crippen molar-refractivity contribution in [3.8, 4) is 0 Å². The molecule has 4 nitrogen and oxygen atoms in total. The lowest BCUT2D eigenvalue weighted by Crippen LogP contribution is -2.13. The van der Waals surface area contributed by atoms with Gasteiger partial charge in [-0.05, 0) is 53.4 Å². The Morgan fingerprint density at radius 3 is 2.53 bits per heavy atom. The lowest BCUT2D eigenvalue weighted by atomic mass is 10.1. The average Bonchev–Trinajstić information content (AvgIpc) is 3.21. The van der Waals surface area contributed by atoms with Crippen molar-refractivity contribution in [3.63, 3.8) is 0 Å². The van der Waals surface area contributed by atoms with Crippen LogP contribution in [0.5, 0.6) is 0 Å². The number of halogens is 3. The van der Waals surface area contributed by atoms with E-state index in [2.05, 4.69) is 15.6 Å². The first kappa shape index (κ1) is 19.9. The standard InChI is InChI=1S/C22H16F3N3OS/c23-22(24,25)15-5-7-16(8-6-15)28-21(29)20-19(10-12-30-20)27-13-14-9-11-26-18-4-2-1-3-17(14)18/h1-12,27H,13H2,(H,28,29). The number of amides is 1. The van der Waals surface area contributed by atoms with Gasteiger partial charge in [-0.25, -0.2) is 0 Å². The van der Waals surface area contributed by atoms with Crippen molar-refractivity contribution in [1.29, 1.82) is 0 Å². The lowest BCUT2D eigenvalue weighted by molar-refractivity contribution is -0.137. The number of para-hydroxylation sites is 1. The largest absolute Gasteiger partial charge is 0.416 e. The highest BCUT2D eigenvalue weighted by Gasteiger charge is 2.30. The van der Waals surface area contributed by atoms with Gasteiger partial charge in [-0.15, -0.1) is 11.3 Å². The molecule has 152 valence electrons. The summed E-state index contributed by atoms with van der Waals surface area (Å²) in [6.45, 7) is 0.500. The van der Waals surface area contributed by atoms with E-state index in [0.717, 1.165) is 28.6 Å². The Balaban J connectivity index is 1.47. The smallest absolute Gasteiger partial charge is 0.380 e. The highest BCUT2D eigenvalue weighted by molar-refractivity contribution is 7.12. The number of nitrogens with zero attached hydrogens (tertiary/aromatic N) is 1. The van der Waals surface area contributed by atoms with Gasteiger partial charge in [0.25, 0.3) is 5.91 Å². The monoisotopic (exact) mass is 427 g/mol. The molecule has 0 spiro atoms. The minimum Gasteiger partial charge on any atom is -0.380 e. The molecule has 0 aliphatic carbocycles. The molecule has 0 unspecified atom stereocenters. The Kier molecular flexibility index (Phi) is 5.41. The third-order valence-electron chi connectivity index (χ3n) is 4.55. The van der Waals surface area contributed by atoms with Gasteiger partial charge < -0.3 is 10.6 Å². The zero-order valence-corrected chi connectivity index (χ0v) is 16.3. The lowest BCUT2D eigenvalue weighted by Gasteiger charge is -2.11. The highest BCUT2D eigenvalue weighted by atomic mass is 32.1. The van der Waals surface area contributed by atoms with Crippen LogP contribution in [0.1, 0.15) is 20.8 Å². The third-order valence-corrected chi connectivity index (χ3v) is 5.46. The molecular formula is C22H16F3N3OS. The Bertz CT molecular complexity index is 1180. The first-order valence-corrected chi connectivity index (χ1v) is 9.92. The number of hydrogen-bond acceptors (Lipinski definition) is 4. The van der Waals surface area contributed by atoms with Crippen LogP contribution in [0, 0.1) is 0 Å². The second-order valence-electron chi connectivity index (χ2n) is 6.53. The van der Waals surface area contributed by atoms with Gasteiger partial charge >= 0.3 is 6.18 Å². The molecule has 2 aromatic carbocycles. The summed E-state index contributed by atoms with van der Waals surface area (Å²) in [6.07, 6.45) is -2.67. The Morgan fingerprint density at radius 2 is 1.77 bits per heavy atom. The second-order valence-corrected chi connectivity index (χ2v) is 7.45. The highest BCUT2D eigenvalue weighted by Crippen LogP contribution is 2.30. The predicted octanol–water partition coefficient (Wildman–Crippen LogP) is 6.18. The fourth-order valence-electron chi connectivity index (χ4n) is 3.05. The van der Waals surface area contributed by atoms with Crippen LogP contribution in [0.25, 0.3) is 10.9 Å². The quantitative estimate of drug-likeness (QED) is 0.400. The zero-order chi connectivity index (χ0) is 21.1. The van der Waals surface area contributed by atoms with Crippen LogP contribution in [0.3, 0.4) is 0 Å². The molecule has 2 aromatic heterocycles. The number of carbonyl (C=O) groups is 1. The summed E-state index contributed by atoms with van der Waals surface area (Å²) in [6, 6.07) is 15.9. The van der Waals surface area contributed by atoms with Crippen molar-refractivity contribution in [3.05, 3.63) is 88.2 Å². The first-order valence-electron chi connectivity index (χ1n) is 9.04. The predicted molar refractivity (Wildman–Crippen MR) is 113 cm³/mol. The molecule has 30 heavy (non-hydrogen) atoms. The van der Waals surface area contributed by atoms with Gasteiger partial charge in [-0.3, -0.25) is 9.78 Å². The van der Waals surface area contributed by atoms with Crippen molar-refractivity contribution in [2.75, 3.05) is 10.6 Å². The number of rotatable bonds is 5. The number of pyridine rings is 1. The maximum Gasteiger partial charge on any atom is 0.416 e. The summed E-state index contributed by atoms with van der Waals surface area (Å²) in [7, 11) is 0. The second kappa shape index (κ2) is 8.16. The van der Waals surface area contributed by atoms with Gasteiger partial charge in [0, 0.05) is 23.8 Å². The molecule has 0 aliphatic rings. The molecule has 0 radical (unpaired) electrons. The summed E-state index contributed by atoms with van der Waals surface area (Å²) in [5, 5.41) is 8.73. The molecule has 4 rings (SSSR count). The van der Waals surface area contributed by atoms with E-state index in [9.17, 15) is 18.0 Å². The van der Waals surface area contributed by atoms with E-state index >= 15 is 0 Å². The van der Waals surface area contributed by atoms with E-state index in [0.29, 0.717) is 22.8 Å². The number of aromatic nitrogens is 1. The Labute approximate surface area is 174 Å². The molecule has 1 amide bonds. The zero-order valence-electron chi connectivity index (χ0n) is 15.5. The van der Waals surface area contributed by atoms with Crippen LogP contribution >= 0.6 is 11.3 Å². The van der Waals surface area contributed by atoms with Crippen molar-refractivity contribution in [2.45, 2.75) is 12.7 Å². The molecular weight excluding hydrogens is 411 g/mol. The van der Waals surface area contributed by atoms with Crippen LogP contribution in [-0.2, 0) is 12.7 Å². The fraction of sp³-hybridized carbons (Fsp3) is 0.0909. The van der Waals surface area contributed by atoms with E-state index in [1.807, 2.05) is 30.3 Å². The summed E-state index contributed by atoms with van der Waals surface area (Å²) < 4.78 is 38.0. The SMILES string of the molecule is O=C(Nc1ccc(C(F)(F)F)cc1)c1sccc1NCc1ccnc2ccccc12. The van der Waals surface area contributed by atoms with E-state index in [1.165, 1.54) is 23.5 Å². The van der Waals surface area contributed by atoms with Crippen LogP contribution in [0.2, 0.25) is 0 Å². The van der Waals surface area contributed by atoms with E-state index in [4.69, 9.17) is 0 Å². The van der Waals surface area contributed by atoms with Crippen molar-refractivity contribution in [2.24, 2.45) is 0 Å². The summed E-state index contributed by atoms with van der Waals surface area (Å²) in [5.41, 5.74) is 2.13. The van der Waals surface area contributed by atoms with Crippen LogP contribution in [0.15, 0.2) is 72.2 Å². The van der Waals surface area contributed by atoms with Crippen molar-refractivity contribution in [1.82, 2.24) is 4.98 Å². The number of carbonyl (C=O) groups excluding carboxylic acids is 1. The fourth-order valence-corrected chi connectivity index (χ4v) is 3.82. The molecule has 0 saturated heterocycles. The first-order chi connectivity index (χ1) is 14.4. The van der Waals surface area contributed by atoms with Gasteiger partial charge in [0.1, 0.15) is 4.88 Å². The number of hydrogen-bond donors (Lipinski definition) is 2. The molecule has 0 bridgehead atoms. The minimum atomic E-state index is -4.41. The van der Waals surface area contributed by atoms with Gasteiger partial charge in [0.05, 0.1) is 16.8 Å². The van der Waals surface area contributed by atoms with Crippen LogP contribution in [-0.4, -0.2) is 10.9 Å². The van der Waals surface area contributed by atoms with Crippen molar-refractivity contribution < 1.29 is 18.0 Å². The van der Waals surface area contributed by atoms with Crippen LogP contribution < -0.4 is 10.6 Å². The third kappa shape index (κ3) is 4.28. The number of thiophene rings is 1. The number of nitrogens with one attached hydrogen (secondary N) is 2. The molecule has 4 aromatic rings. The number of fused-ring (bicyclic) bond motifs is 1. The molecule has 2 heterocycles. The summed E-state index contributed by atoms with van der Waals surface area (Å²) in [4.78, 5) is 17.4. The molecule has 0 atom stereocenters. The Hall–Kier alpha value is -3.39. The minimum absolute atomic E-state index is 0.299. The topological polar surface area (TPSA) is 54.0 Å². The summed E-state index contributed by atoms with van der Waals surface area (Å²) in [5.74, 6) is -0.383. The molecule has 0 saturated carbocycles. The molecule has 0 fully saturated rings. The van der Waals surface area contributed by atoms with Crippen LogP contribution in [0.4, 0.5) is 24.5 Å². The van der Waals surface area contributed by atoms with Gasteiger partial charge in [0.2, 0.25) is 0 Å². The van der Waals surface area contributed by atoms with E-state index in [1.54, 1.807) is 17.6 Å². The van der Waals surface area contributed by atoms with Gasteiger partial charge in [-0.1, -0.05) is 18.2 Å². The van der Waals surface area contributed by atoms with E-state index in [-0.39, 0.29) is 5.91 Å². The molecule has 2 N–H and O–H groups in total. The Morgan fingerprint density at radius 1 is 1.00 bits per heavy atom.